The molecule has 0 bridgehead atoms. The van der Waals surface area contributed by atoms with Crippen LogP contribution >= 0.6 is 15.9 Å². The first-order valence-electron chi connectivity index (χ1n) is 5.57. The van der Waals surface area contributed by atoms with Gasteiger partial charge < -0.3 is 4.90 Å². The maximum Gasteiger partial charge on any atom is 0.223 e. The molecule has 0 aromatic carbocycles. The molecule has 0 spiro atoms. The van der Waals surface area contributed by atoms with Crippen molar-refractivity contribution >= 4 is 21.8 Å². The van der Waals surface area contributed by atoms with Crippen molar-refractivity contribution in [1.29, 1.82) is 0 Å². The van der Waals surface area contributed by atoms with Crippen LogP contribution in [0, 0.1) is 5.41 Å². The zero-order valence-corrected chi connectivity index (χ0v) is 11.2. The molecule has 0 aliphatic carbocycles. The van der Waals surface area contributed by atoms with Crippen LogP contribution in [0.15, 0.2) is 10.1 Å². The van der Waals surface area contributed by atoms with Crippen LogP contribution in [0.1, 0.15) is 40.0 Å². The molecule has 1 atom stereocenters. The fourth-order valence-corrected chi connectivity index (χ4v) is 3.55. The summed E-state index contributed by atoms with van der Waals surface area (Å²) in [6, 6.07) is 0.466. The lowest BCUT2D eigenvalue weighted by molar-refractivity contribution is -0.128. The second-order valence-electron chi connectivity index (χ2n) is 5.55. The van der Waals surface area contributed by atoms with Crippen molar-refractivity contribution in [2.45, 2.75) is 46.1 Å². The number of rotatable bonds is 0. The van der Waals surface area contributed by atoms with E-state index in [0.29, 0.717) is 11.9 Å². The van der Waals surface area contributed by atoms with Crippen LogP contribution in [0.3, 0.4) is 0 Å². The Morgan fingerprint density at radius 1 is 1.40 bits per heavy atom. The second-order valence-corrected chi connectivity index (χ2v) is 6.51. The van der Waals surface area contributed by atoms with Crippen molar-refractivity contribution in [1.82, 2.24) is 4.90 Å². The van der Waals surface area contributed by atoms with Crippen molar-refractivity contribution in [3.05, 3.63) is 10.1 Å². The van der Waals surface area contributed by atoms with Gasteiger partial charge in [-0.25, -0.2) is 0 Å². The predicted octanol–water partition coefficient (Wildman–Crippen LogP) is 3.08. The van der Waals surface area contributed by atoms with Crippen molar-refractivity contribution in [2.75, 3.05) is 6.54 Å². The number of fused-ring (bicyclic) bond motifs is 1. The van der Waals surface area contributed by atoms with Gasteiger partial charge >= 0.3 is 0 Å². The number of hydrogen-bond donors (Lipinski definition) is 0. The van der Waals surface area contributed by atoms with E-state index >= 15 is 0 Å². The number of halogens is 1. The summed E-state index contributed by atoms with van der Waals surface area (Å²) in [4.78, 5) is 13.6. The van der Waals surface area contributed by atoms with Crippen molar-refractivity contribution < 1.29 is 4.79 Å². The van der Waals surface area contributed by atoms with E-state index < -0.39 is 0 Å². The highest BCUT2D eigenvalue weighted by Crippen LogP contribution is 2.41. The molecule has 2 heterocycles. The number of amides is 1. The summed E-state index contributed by atoms with van der Waals surface area (Å²) in [6.07, 6.45) is 2.83. The summed E-state index contributed by atoms with van der Waals surface area (Å²) in [5.41, 5.74) is 1.70. The summed E-state index contributed by atoms with van der Waals surface area (Å²) < 4.78 is 1.22. The first kappa shape index (κ1) is 11.2. The van der Waals surface area contributed by atoms with E-state index in [1.54, 1.807) is 0 Å². The maximum atomic E-state index is 11.6. The molecule has 0 aromatic rings. The van der Waals surface area contributed by atoms with E-state index in [1.807, 2.05) is 4.90 Å². The summed E-state index contributed by atoms with van der Waals surface area (Å²) >= 11 is 3.64. The molecule has 0 radical (unpaired) electrons. The van der Waals surface area contributed by atoms with Gasteiger partial charge in [-0.2, -0.15) is 0 Å². The molecule has 0 N–H and O–H groups in total. The van der Waals surface area contributed by atoms with Crippen molar-refractivity contribution in [3.63, 3.8) is 0 Å². The number of nitrogens with zero attached hydrogens (tertiary/aromatic N) is 1. The highest BCUT2D eigenvalue weighted by atomic mass is 79.9. The minimum atomic E-state index is 0.219. The molecule has 2 rings (SSSR count). The average Bonchev–Trinajstić information content (AvgIpc) is 2.45. The molecule has 84 valence electrons. The Bertz CT molecular complexity index is 327. The Kier molecular flexibility index (Phi) is 2.70. The minimum Gasteiger partial charge on any atom is -0.335 e. The quantitative estimate of drug-likeness (QED) is 0.663. The van der Waals surface area contributed by atoms with Crippen LogP contribution in [0.25, 0.3) is 0 Å². The zero-order chi connectivity index (χ0) is 11.2. The van der Waals surface area contributed by atoms with Crippen molar-refractivity contribution in [2.24, 2.45) is 5.41 Å². The Labute approximate surface area is 99.8 Å². The van der Waals surface area contributed by atoms with Gasteiger partial charge in [-0.15, -0.1) is 0 Å². The third-order valence-corrected chi connectivity index (χ3v) is 4.16. The van der Waals surface area contributed by atoms with Gasteiger partial charge in [0.1, 0.15) is 0 Å². The lowest BCUT2D eigenvalue weighted by Gasteiger charge is -2.36. The minimum absolute atomic E-state index is 0.219. The van der Waals surface area contributed by atoms with E-state index in [0.717, 1.165) is 25.8 Å². The molecule has 0 aromatic heterocycles. The fraction of sp³-hybridized carbons (Fsp3) is 0.750. The normalized spacial score (nSPS) is 27.3. The van der Waals surface area contributed by atoms with Gasteiger partial charge in [0.2, 0.25) is 5.91 Å². The first-order valence-corrected chi connectivity index (χ1v) is 6.36. The summed E-state index contributed by atoms with van der Waals surface area (Å²) in [5.74, 6) is 0.324. The standard InChI is InChI=1S/C12H18BrNO/c1-12(2,3)9-6-8-4-5-11(15)14(8)7-10(9)13/h8H,4-7H2,1-3H3. The molecule has 2 nitrogen and oxygen atoms in total. The Morgan fingerprint density at radius 3 is 2.67 bits per heavy atom. The fourth-order valence-electron chi connectivity index (χ4n) is 2.53. The Morgan fingerprint density at radius 2 is 2.07 bits per heavy atom. The molecule has 3 heteroatoms. The highest BCUT2D eigenvalue weighted by Gasteiger charge is 2.37. The third-order valence-electron chi connectivity index (χ3n) is 3.43. The van der Waals surface area contributed by atoms with Gasteiger partial charge in [-0.1, -0.05) is 42.3 Å². The molecule has 1 saturated heterocycles. The van der Waals surface area contributed by atoms with Gasteiger partial charge in [0.15, 0.2) is 0 Å². The SMILES string of the molecule is CC(C)(C)C1=C(Br)CN2C(=O)CCC2C1. The molecule has 0 saturated carbocycles. The zero-order valence-electron chi connectivity index (χ0n) is 9.64. The maximum absolute atomic E-state index is 11.6. The first-order chi connectivity index (χ1) is 6.89. The molecular formula is C12H18BrNO. The topological polar surface area (TPSA) is 20.3 Å². The Hall–Kier alpha value is -0.310. The number of carbonyl (C=O) groups is 1. The van der Waals surface area contributed by atoms with E-state index in [-0.39, 0.29) is 5.41 Å². The van der Waals surface area contributed by atoms with Crippen LogP contribution in [-0.2, 0) is 4.79 Å². The van der Waals surface area contributed by atoms with Crippen LogP contribution in [-0.4, -0.2) is 23.4 Å². The molecule has 15 heavy (non-hydrogen) atoms. The second kappa shape index (κ2) is 3.62. The van der Waals surface area contributed by atoms with E-state index in [2.05, 4.69) is 36.7 Å². The molecular weight excluding hydrogens is 254 g/mol. The molecule has 2 aliphatic rings. The van der Waals surface area contributed by atoms with Gasteiger partial charge in [0, 0.05) is 16.9 Å². The number of carbonyl (C=O) groups excluding carboxylic acids is 1. The van der Waals surface area contributed by atoms with Gasteiger partial charge in [0.25, 0.3) is 0 Å². The van der Waals surface area contributed by atoms with E-state index in [1.165, 1.54) is 10.1 Å². The molecule has 1 fully saturated rings. The monoisotopic (exact) mass is 271 g/mol. The highest BCUT2D eigenvalue weighted by molar-refractivity contribution is 9.11. The Balaban J connectivity index is 2.26. The summed E-state index contributed by atoms with van der Waals surface area (Å²) in [7, 11) is 0. The molecule has 1 unspecified atom stereocenters. The van der Waals surface area contributed by atoms with Crippen LogP contribution in [0.2, 0.25) is 0 Å². The van der Waals surface area contributed by atoms with Gasteiger partial charge in [-0.3, -0.25) is 4.79 Å². The lowest BCUT2D eigenvalue weighted by Crippen LogP contribution is -2.39. The van der Waals surface area contributed by atoms with Crippen molar-refractivity contribution in [3.8, 4) is 0 Å². The van der Waals surface area contributed by atoms with E-state index in [9.17, 15) is 4.79 Å². The van der Waals surface area contributed by atoms with Gasteiger partial charge in [0.05, 0.1) is 6.54 Å². The lowest BCUT2D eigenvalue weighted by atomic mass is 9.80. The average molecular weight is 272 g/mol. The molecule has 2 aliphatic heterocycles. The van der Waals surface area contributed by atoms with Crippen LogP contribution < -0.4 is 0 Å². The van der Waals surface area contributed by atoms with Crippen LogP contribution in [0.4, 0.5) is 0 Å². The van der Waals surface area contributed by atoms with Crippen LogP contribution in [0.5, 0.6) is 0 Å². The summed E-state index contributed by atoms with van der Waals surface area (Å²) in [5, 5.41) is 0. The third kappa shape index (κ3) is 1.99. The molecule has 1 amide bonds. The predicted molar refractivity (Wildman–Crippen MR) is 64.8 cm³/mol. The van der Waals surface area contributed by atoms with Gasteiger partial charge in [-0.05, 0) is 18.3 Å². The smallest absolute Gasteiger partial charge is 0.223 e. The summed E-state index contributed by atoms with van der Waals surface area (Å²) in [6.45, 7) is 7.53. The largest absolute Gasteiger partial charge is 0.335 e. The number of hydrogen-bond acceptors (Lipinski definition) is 1. The van der Waals surface area contributed by atoms with E-state index in [4.69, 9.17) is 0 Å².